The van der Waals surface area contributed by atoms with Gasteiger partial charge in [-0.15, -0.1) is 11.3 Å². The van der Waals surface area contributed by atoms with Gasteiger partial charge in [0.2, 0.25) is 5.91 Å². The topological polar surface area (TPSA) is 87.2 Å². The molecular weight excluding hydrogens is 482 g/mol. The van der Waals surface area contributed by atoms with Gasteiger partial charge in [-0.2, -0.15) is 0 Å². The van der Waals surface area contributed by atoms with Crippen LogP contribution in [0.1, 0.15) is 28.2 Å². The predicted molar refractivity (Wildman–Crippen MR) is 139 cm³/mol. The van der Waals surface area contributed by atoms with Crippen molar-refractivity contribution >= 4 is 45.6 Å². The first-order chi connectivity index (χ1) is 17.1. The fraction of sp³-hybridized carbons (Fsp3) is 0.154. The van der Waals surface area contributed by atoms with E-state index in [2.05, 4.69) is 20.6 Å². The molecule has 178 valence electrons. The maximum Gasteiger partial charge on any atom is 0.273 e. The molecule has 4 aromatic rings. The van der Waals surface area contributed by atoms with E-state index >= 15 is 0 Å². The lowest BCUT2D eigenvalue weighted by Crippen LogP contribution is -2.35. The average molecular weight is 506 g/mol. The van der Waals surface area contributed by atoms with Crippen LogP contribution in [0.5, 0.6) is 0 Å². The minimum Gasteiger partial charge on any atom is -0.350 e. The van der Waals surface area contributed by atoms with E-state index in [-0.39, 0.29) is 24.8 Å². The molecule has 0 aliphatic rings. The standard InChI is InChI=1S/C26H24ClN5O2S/c27-21-11-4-5-12-22(21)30-26-31-23(18-35-26)25(34)32(17-19-8-2-1-3-9-19)15-13-24(33)29-16-20-10-6-7-14-28-20/h1-12,14,18H,13,15-17H2,(H,29,33)(H,30,31). The number of anilines is 2. The van der Waals surface area contributed by atoms with Crippen LogP contribution in [0.2, 0.25) is 5.02 Å². The van der Waals surface area contributed by atoms with Crippen molar-refractivity contribution < 1.29 is 9.59 Å². The van der Waals surface area contributed by atoms with Gasteiger partial charge in [-0.25, -0.2) is 4.98 Å². The SMILES string of the molecule is O=C(CCN(Cc1ccccc1)C(=O)c1csc(Nc2ccccc2Cl)n1)NCc1ccccn1. The van der Waals surface area contributed by atoms with Crippen LogP contribution in [-0.4, -0.2) is 33.2 Å². The van der Waals surface area contributed by atoms with Crippen LogP contribution in [0.4, 0.5) is 10.8 Å². The zero-order chi connectivity index (χ0) is 24.5. The van der Waals surface area contributed by atoms with Gasteiger partial charge in [-0.05, 0) is 29.8 Å². The molecule has 0 radical (unpaired) electrons. The van der Waals surface area contributed by atoms with E-state index in [9.17, 15) is 9.59 Å². The number of carbonyl (C=O) groups excluding carboxylic acids is 2. The molecule has 0 unspecified atom stereocenters. The zero-order valence-electron chi connectivity index (χ0n) is 18.9. The number of nitrogens with one attached hydrogen (secondary N) is 2. The second-order valence-corrected chi connectivity index (χ2v) is 8.97. The molecule has 0 spiro atoms. The summed E-state index contributed by atoms with van der Waals surface area (Å²) in [6.07, 6.45) is 1.85. The Hall–Kier alpha value is -3.75. The molecule has 9 heteroatoms. The number of rotatable bonds is 10. The van der Waals surface area contributed by atoms with Crippen molar-refractivity contribution in [1.82, 2.24) is 20.2 Å². The van der Waals surface area contributed by atoms with Gasteiger partial charge in [-0.1, -0.05) is 60.1 Å². The summed E-state index contributed by atoms with van der Waals surface area (Å²) >= 11 is 7.54. The Morgan fingerprint density at radius 3 is 2.51 bits per heavy atom. The lowest BCUT2D eigenvalue weighted by atomic mass is 10.2. The van der Waals surface area contributed by atoms with Crippen LogP contribution >= 0.6 is 22.9 Å². The second kappa shape index (κ2) is 12.1. The summed E-state index contributed by atoms with van der Waals surface area (Å²) in [4.78, 5) is 36.1. The van der Waals surface area contributed by atoms with Gasteiger partial charge in [0.15, 0.2) is 5.13 Å². The fourth-order valence-corrected chi connectivity index (χ4v) is 4.22. The van der Waals surface area contributed by atoms with Crippen molar-refractivity contribution in [1.29, 1.82) is 0 Å². The number of pyridine rings is 1. The minimum absolute atomic E-state index is 0.152. The Balaban J connectivity index is 1.42. The first-order valence-electron chi connectivity index (χ1n) is 11.1. The highest BCUT2D eigenvalue weighted by molar-refractivity contribution is 7.14. The number of aromatic nitrogens is 2. The molecule has 0 saturated heterocycles. The number of carbonyl (C=O) groups is 2. The molecule has 2 aromatic heterocycles. The van der Waals surface area contributed by atoms with Gasteiger partial charge < -0.3 is 15.5 Å². The molecule has 2 heterocycles. The lowest BCUT2D eigenvalue weighted by Gasteiger charge is -2.22. The van der Waals surface area contributed by atoms with Crippen molar-refractivity contribution in [3.05, 3.63) is 106 Å². The fourth-order valence-electron chi connectivity index (χ4n) is 3.34. The summed E-state index contributed by atoms with van der Waals surface area (Å²) in [6, 6.07) is 22.6. The molecule has 4 rings (SSSR count). The molecule has 0 bridgehead atoms. The summed E-state index contributed by atoms with van der Waals surface area (Å²) in [5, 5.41) is 8.85. The Bertz CT molecular complexity index is 1270. The Labute approximate surface area is 212 Å². The zero-order valence-corrected chi connectivity index (χ0v) is 20.4. The first kappa shape index (κ1) is 24.4. The lowest BCUT2D eigenvalue weighted by molar-refractivity contribution is -0.121. The van der Waals surface area contributed by atoms with Gasteiger partial charge >= 0.3 is 0 Å². The number of benzene rings is 2. The molecule has 7 nitrogen and oxygen atoms in total. The minimum atomic E-state index is -0.241. The van der Waals surface area contributed by atoms with Crippen LogP contribution in [0.15, 0.2) is 84.4 Å². The number of hydrogen-bond donors (Lipinski definition) is 2. The molecule has 0 saturated carbocycles. The van der Waals surface area contributed by atoms with Gasteiger partial charge in [0.25, 0.3) is 5.91 Å². The van der Waals surface area contributed by atoms with E-state index in [4.69, 9.17) is 11.6 Å². The van der Waals surface area contributed by atoms with E-state index < -0.39 is 0 Å². The molecule has 2 N–H and O–H groups in total. The third-order valence-corrected chi connectivity index (χ3v) is 6.23. The van der Waals surface area contributed by atoms with E-state index in [0.717, 1.165) is 11.3 Å². The van der Waals surface area contributed by atoms with Crippen LogP contribution in [-0.2, 0) is 17.9 Å². The van der Waals surface area contributed by atoms with Gasteiger partial charge in [0, 0.05) is 31.1 Å². The van der Waals surface area contributed by atoms with Crippen LogP contribution in [0.3, 0.4) is 0 Å². The molecule has 35 heavy (non-hydrogen) atoms. The van der Waals surface area contributed by atoms with Gasteiger partial charge in [0.05, 0.1) is 22.9 Å². The third kappa shape index (κ3) is 7.11. The summed E-state index contributed by atoms with van der Waals surface area (Å²) in [7, 11) is 0. The number of hydrogen-bond acceptors (Lipinski definition) is 6. The smallest absolute Gasteiger partial charge is 0.273 e. The summed E-state index contributed by atoms with van der Waals surface area (Å²) in [6.45, 7) is 0.972. The van der Waals surface area contributed by atoms with Crippen molar-refractivity contribution in [2.45, 2.75) is 19.5 Å². The van der Waals surface area contributed by atoms with Gasteiger partial charge in [0.1, 0.15) is 5.69 Å². The molecule has 0 aliphatic heterocycles. The van der Waals surface area contributed by atoms with E-state index in [0.29, 0.717) is 34.6 Å². The number of para-hydroxylation sites is 1. The quantitative estimate of drug-likeness (QED) is 0.306. The van der Waals surface area contributed by atoms with Crippen molar-refractivity contribution in [3.8, 4) is 0 Å². The van der Waals surface area contributed by atoms with Gasteiger partial charge in [-0.3, -0.25) is 14.6 Å². The van der Waals surface area contributed by atoms with Crippen molar-refractivity contribution in [3.63, 3.8) is 0 Å². The highest BCUT2D eigenvalue weighted by Crippen LogP contribution is 2.27. The Kier molecular flexibility index (Phi) is 8.43. The predicted octanol–water partition coefficient (Wildman–Crippen LogP) is 5.28. The molecule has 0 aliphatic carbocycles. The van der Waals surface area contributed by atoms with E-state index in [1.807, 2.05) is 66.7 Å². The number of thiazole rings is 1. The first-order valence-corrected chi connectivity index (χ1v) is 12.3. The third-order valence-electron chi connectivity index (χ3n) is 5.14. The highest BCUT2D eigenvalue weighted by atomic mass is 35.5. The monoisotopic (exact) mass is 505 g/mol. The number of halogens is 1. The molecule has 0 fully saturated rings. The molecule has 2 amide bonds. The summed E-state index contributed by atoms with van der Waals surface area (Å²) in [5.74, 6) is -0.393. The van der Waals surface area contributed by atoms with E-state index in [1.54, 1.807) is 22.5 Å². The number of amides is 2. The van der Waals surface area contributed by atoms with Crippen molar-refractivity contribution in [2.24, 2.45) is 0 Å². The van der Waals surface area contributed by atoms with Crippen LogP contribution in [0.25, 0.3) is 0 Å². The molecule has 2 aromatic carbocycles. The van der Waals surface area contributed by atoms with E-state index in [1.165, 1.54) is 11.3 Å². The normalized spacial score (nSPS) is 10.5. The van der Waals surface area contributed by atoms with Crippen LogP contribution < -0.4 is 10.6 Å². The second-order valence-electron chi connectivity index (χ2n) is 7.70. The van der Waals surface area contributed by atoms with Crippen molar-refractivity contribution in [2.75, 3.05) is 11.9 Å². The molecule has 0 atom stereocenters. The Morgan fingerprint density at radius 2 is 1.74 bits per heavy atom. The van der Waals surface area contributed by atoms with Crippen LogP contribution in [0, 0.1) is 0 Å². The molecular formula is C26H24ClN5O2S. The Morgan fingerprint density at radius 1 is 0.971 bits per heavy atom. The maximum absolute atomic E-state index is 13.3. The summed E-state index contributed by atoms with van der Waals surface area (Å²) < 4.78 is 0. The highest BCUT2D eigenvalue weighted by Gasteiger charge is 2.20. The summed E-state index contributed by atoms with van der Waals surface area (Å²) in [5.41, 5.74) is 2.78. The largest absolute Gasteiger partial charge is 0.350 e. The number of nitrogens with zero attached hydrogens (tertiary/aromatic N) is 3. The maximum atomic E-state index is 13.3. The average Bonchev–Trinajstić information content (AvgIpc) is 3.36.